The molecule has 2 aromatic carbocycles. The first-order chi connectivity index (χ1) is 13.5. The molecule has 7 heteroatoms. The summed E-state index contributed by atoms with van der Waals surface area (Å²) in [4.78, 5) is 12.0. The van der Waals surface area contributed by atoms with Crippen molar-refractivity contribution in [2.75, 3.05) is 18.5 Å². The highest BCUT2D eigenvalue weighted by Gasteiger charge is 2.12. The molecule has 0 spiro atoms. The Morgan fingerprint density at radius 1 is 1.00 bits per heavy atom. The van der Waals surface area contributed by atoms with E-state index in [1.807, 2.05) is 55.5 Å². The van der Waals surface area contributed by atoms with Gasteiger partial charge in [-0.05, 0) is 54.8 Å². The highest BCUT2D eigenvalue weighted by atomic mass is 16.5. The SMILES string of the molecule is CCOc1ccc(-c2nnc(NC(=O)COc3ccc(C(C)C)cc3)o2)cc1. The Balaban J connectivity index is 1.53. The van der Waals surface area contributed by atoms with Crippen LogP contribution < -0.4 is 14.8 Å². The van der Waals surface area contributed by atoms with E-state index in [1.165, 1.54) is 5.56 Å². The molecule has 1 heterocycles. The minimum absolute atomic E-state index is 0.0210. The van der Waals surface area contributed by atoms with Crippen molar-refractivity contribution >= 4 is 11.9 Å². The van der Waals surface area contributed by atoms with Crippen LogP contribution >= 0.6 is 0 Å². The molecule has 1 N–H and O–H groups in total. The van der Waals surface area contributed by atoms with Crippen LogP contribution in [0.3, 0.4) is 0 Å². The van der Waals surface area contributed by atoms with Crippen molar-refractivity contribution in [1.82, 2.24) is 10.2 Å². The van der Waals surface area contributed by atoms with E-state index in [2.05, 4.69) is 29.4 Å². The van der Waals surface area contributed by atoms with Crippen molar-refractivity contribution in [3.63, 3.8) is 0 Å². The summed E-state index contributed by atoms with van der Waals surface area (Å²) >= 11 is 0. The molecule has 0 aliphatic carbocycles. The molecule has 28 heavy (non-hydrogen) atoms. The minimum Gasteiger partial charge on any atom is -0.494 e. The maximum Gasteiger partial charge on any atom is 0.322 e. The van der Waals surface area contributed by atoms with Crippen LogP contribution in [0.4, 0.5) is 6.01 Å². The van der Waals surface area contributed by atoms with Gasteiger partial charge in [0.25, 0.3) is 5.91 Å². The summed E-state index contributed by atoms with van der Waals surface area (Å²) in [5.74, 6) is 1.76. The number of nitrogens with one attached hydrogen (secondary N) is 1. The van der Waals surface area contributed by atoms with Gasteiger partial charge < -0.3 is 13.9 Å². The molecule has 0 aliphatic rings. The average Bonchev–Trinajstić information content (AvgIpc) is 3.16. The first-order valence-corrected chi connectivity index (χ1v) is 9.14. The second-order valence-corrected chi connectivity index (χ2v) is 6.43. The highest BCUT2D eigenvalue weighted by Crippen LogP contribution is 2.23. The van der Waals surface area contributed by atoms with Crippen LogP contribution in [-0.2, 0) is 4.79 Å². The maximum absolute atomic E-state index is 12.0. The van der Waals surface area contributed by atoms with Gasteiger partial charge >= 0.3 is 6.01 Å². The monoisotopic (exact) mass is 381 g/mol. The van der Waals surface area contributed by atoms with Crippen molar-refractivity contribution < 1.29 is 18.7 Å². The lowest BCUT2D eigenvalue weighted by Gasteiger charge is -2.08. The second kappa shape index (κ2) is 9.03. The fourth-order valence-corrected chi connectivity index (χ4v) is 2.50. The third kappa shape index (κ3) is 5.09. The molecule has 0 bridgehead atoms. The van der Waals surface area contributed by atoms with Gasteiger partial charge in [-0.3, -0.25) is 10.1 Å². The summed E-state index contributed by atoms with van der Waals surface area (Å²) in [6.45, 7) is 6.61. The summed E-state index contributed by atoms with van der Waals surface area (Å²) in [5, 5.41) is 10.3. The first kappa shape index (κ1) is 19.4. The number of hydrogen-bond donors (Lipinski definition) is 1. The molecule has 3 rings (SSSR count). The van der Waals surface area contributed by atoms with Crippen LogP contribution in [-0.4, -0.2) is 29.3 Å². The van der Waals surface area contributed by atoms with Crippen LogP contribution in [0.2, 0.25) is 0 Å². The lowest BCUT2D eigenvalue weighted by molar-refractivity contribution is -0.118. The number of benzene rings is 2. The number of anilines is 1. The average molecular weight is 381 g/mol. The van der Waals surface area contributed by atoms with E-state index in [0.29, 0.717) is 24.2 Å². The summed E-state index contributed by atoms with van der Waals surface area (Å²) in [6.07, 6.45) is 0. The van der Waals surface area contributed by atoms with E-state index in [1.54, 1.807) is 0 Å². The Labute approximate surface area is 163 Å². The lowest BCUT2D eigenvalue weighted by atomic mass is 10.0. The molecule has 0 saturated carbocycles. The van der Waals surface area contributed by atoms with E-state index in [0.717, 1.165) is 11.3 Å². The molecule has 0 radical (unpaired) electrons. The van der Waals surface area contributed by atoms with E-state index in [9.17, 15) is 4.79 Å². The Kier molecular flexibility index (Phi) is 6.26. The third-order valence-corrected chi connectivity index (χ3v) is 4.00. The quantitative estimate of drug-likeness (QED) is 0.627. The van der Waals surface area contributed by atoms with E-state index in [-0.39, 0.29) is 18.5 Å². The largest absolute Gasteiger partial charge is 0.494 e. The first-order valence-electron chi connectivity index (χ1n) is 9.14. The Bertz CT molecular complexity index is 902. The van der Waals surface area contributed by atoms with Crippen LogP contribution in [0, 0.1) is 0 Å². The van der Waals surface area contributed by atoms with Crippen molar-refractivity contribution in [2.24, 2.45) is 0 Å². The number of ether oxygens (including phenoxy) is 2. The number of carbonyl (C=O) groups excluding carboxylic acids is 1. The maximum atomic E-state index is 12.0. The molecule has 0 aliphatic heterocycles. The van der Waals surface area contributed by atoms with Gasteiger partial charge in [-0.1, -0.05) is 31.1 Å². The highest BCUT2D eigenvalue weighted by molar-refractivity contribution is 5.89. The number of rotatable bonds is 8. The molecule has 1 amide bonds. The smallest absolute Gasteiger partial charge is 0.322 e. The molecule has 1 aromatic heterocycles. The molecule has 3 aromatic rings. The lowest BCUT2D eigenvalue weighted by Crippen LogP contribution is -2.20. The molecular weight excluding hydrogens is 358 g/mol. The number of carbonyl (C=O) groups is 1. The topological polar surface area (TPSA) is 86.5 Å². The number of aromatic nitrogens is 2. The molecule has 0 unspecified atom stereocenters. The van der Waals surface area contributed by atoms with Crippen molar-refractivity contribution in [3.8, 4) is 23.0 Å². The van der Waals surface area contributed by atoms with Gasteiger partial charge in [-0.15, -0.1) is 5.10 Å². The van der Waals surface area contributed by atoms with Crippen LogP contribution in [0.1, 0.15) is 32.3 Å². The summed E-state index contributed by atoms with van der Waals surface area (Å²) in [5.41, 5.74) is 1.95. The normalized spacial score (nSPS) is 10.7. The van der Waals surface area contributed by atoms with Gasteiger partial charge in [0.1, 0.15) is 11.5 Å². The van der Waals surface area contributed by atoms with E-state index >= 15 is 0 Å². The Hall–Kier alpha value is -3.35. The molecule has 0 fully saturated rings. The zero-order chi connectivity index (χ0) is 19.9. The standard InChI is InChI=1S/C21H23N3O4/c1-4-26-17-11-7-16(8-12-17)20-23-24-21(28-20)22-19(25)13-27-18-9-5-15(6-10-18)14(2)3/h5-12,14H,4,13H2,1-3H3,(H,22,24,25). The summed E-state index contributed by atoms with van der Waals surface area (Å²) in [6, 6.07) is 14.9. The van der Waals surface area contributed by atoms with Crippen molar-refractivity contribution in [1.29, 1.82) is 0 Å². The molecule has 7 nitrogen and oxygen atoms in total. The van der Waals surface area contributed by atoms with Crippen LogP contribution in [0.5, 0.6) is 11.5 Å². The van der Waals surface area contributed by atoms with Gasteiger partial charge in [0.2, 0.25) is 5.89 Å². The molecular formula is C21H23N3O4. The Morgan fingerprint density at radius 3 is 2.29 bits per heavy atom. The predicted molar refractivity (Wildman–Crippen MR) is 106 cm³/mol. The van der Waals surface area contributed by atoms with E-state index in [4.69, 9.17) is 13.9 Å². The molecule has 146 valence electrons. The number of amides is 1. The fraction of sp³-hybridized carbons (Fsp3) is 0.286. The predicted octanol–water partition coefficient (Wildman–Crippen LogP) is 4.28. The fourth-order valence-electron chi connectivity index (χ4n) is 2.50. The molecule has 0 saturated heterocycles. The Morgan fingerprint density at radius 2 is 1.64 bits per heavy atom. The minimum atomic E-state index is -0.380. The van der Waals surface area contributed by atoms with Gasteiger partial charge in [-0.25, -0.2) is 0 Å². The zero-order valence-electron chi connectivity index (χ0n) is 16.1. The van der Waals surface area contributed by atoms with E-state index < -0.39 is 0 Å². The van der Waals surface area contributed by atoms with Gasteiger partial charge in [-0.2, -0.15) is 0 Å². The summed E-state index contributed by atoms with van der Waals surface area (Å²) < 4.78 is 16.4. The second-order valence-electron chi connectivity index (χ2n) is 6.43. The van der Waals surface area contributed by atoms with Crippen LogP contribution in [0.15, 0.2) is 52.9 Å². The zero-order valence-corrected chi connectivity index (χ0v) is 16.1. The van der Waals surface area contributed by atoms with Crippen molar-refractivity contribution in [2.45, 2.75) is 26.7 Å². The van der Waals surface area contributed by atoms with Gasteiger partial charge in [0, 0.05) is 5.56 Å². The van der Waals surface area contributed by atoms with Gasteiger partial charge in [0.05, 0.1) is 6.61 Å². The molecule has 0 atom stereocenters. The van der Waals surface area contributed by atoms with Crippen molar-refractivity contribution in [3.05, 3.63) is 54.1 Å². The number of hydrogen-bond acceptors (Lipinski definition) is 6. The van der Waals surface area contributed by atoms with Crippen LogP contribution in [0.25, 0.3) is 11.5 Å². The van der Waals surface area contributed by atoms with Gasteiger partial charge in [0.15, 0.2) is 6.61 Å². The third-order valence-electron chi connectivity index (χ3n) is 4.00. The number of nitrogens with zero attached hydrogens (tertiary/aromatic N) is 2. The summed E-state index contributed by atoms with van der Waals surface area (Å²) in [7, 11) is 0.